The molecule has 1 aliphatic carbocycles. The molecule has 1 aliphatic rings. The highest BCUT2D eigenvalue weighted by Crippen LogP contribution is 2.23. The maximum atomic E-state index is 12.8. The van der Waals surface area contributed by atoms with Crippen molar-refractivity contribution in [1.29, 1.82) is 0 Å². The van der Waals surface area contributed by atoms with Crippen LogP contribution >= 0.6 is 0 Å². The molecular weight excluding hydrogens is 272 g/mol. The van der Waals surface area contributed by atoms with E-state index in [0.29, 0.717) is 12.5 Å². The van der Waals surface area contributed by atoms with E-state index in [4.69, 9.17) is 0 Å². The number of nitrogens with zero attached hydrogens (tertiary/aromatic N) is 1. The third-order valence-corrected chi connectivity index (χ3v) is 4.38. The molecule has 1 fully saturated rings. The van der Waals surface area contributed by atoms with Crippen LogP contribution in [0.3, 0.4) is 0 Å². The molecule has 1 heterocycles. The van der Waals surface area contributed by atoms with Crippen LogP contribution in [-0.2, 0) is 11.2 Å². The molecule has 1 atom stereocenters. The van der Waals surface area contributed by atoms with Crippen LogP contribution in [0.25, 0.3) is 0 Å². The Morgan fingerprint density at radius 1 is 1.14 bits per heavy atom. The summed E-state index contributed by atoms with van der Waals surface area (Å²) in [4.78, 5) is 16.9. The minimum atomic E-state index is -0.147. The smallest absolute Gasteiger partial charge is 0.228 e. The molecule has 0 saturated heterocycles. The van der Waals surface area contributed by atoms with E-state index >= 15 is 0 Å². The van der Waals surface area contributed by atoms with Crippen molar-refractivity contribution in [2.24, 2.45) is 0 Å². The molecule has 0 spiro atoms. The Morgan fingerprint density at radius 3 is 2.59 bits per heavy atom. The molecule has 3 nitrogen and oxygen atoms in total. The first kappa shape index (κ1) is 14.8. The van der Waals surface area contributed by atoms with E-state index in [1.165, 1.54) is 12.8 Å². The van der Waals surface area contributed by atoms with Gasteiger partial charge in [-0.1, -0.05) is 49.2 Å². The Kier molecular flexibility index (Phi) is 4.84. The standard InChI is InChI=1S/C19H22N2O/c22-19(21-17-10-4-5-11-17)18(16-8-2-1-3-9-16)13-15-7-6-12-20-14-15/h1-3,6-9,12,14,17-18H,4-5,10-11,13H2,(H,21,22). The summed E-state index contributed by atoms with van der Waals surface area (Å²) in [5, 5.41) is 3.24. The van der Waals surface area contributed by atoms with Crippen molar-refractivity contribution in [2.45, 2.75) is 44.1 Å². The number of carbonyl (C=O) groups is 1. The second-order valence-electron chi connectivity index (χ2n) is 6.02. The van der Waals surface area contributed by atoms with Gasteiger partial charge in [-0.2, -0.15) is 0 Å². The first-order chi connectivity index (χ1) is 10.8. The second kappa shape index (κ2) is 7.21. The zero-order valence-corrected chi connectivity index (χ0v) is 12.7. The third kappa shape index (κ3) is 3.73. The molecule has 114 valence electrons. The Hall–Kier alpha value is -2.16. The summed E-state index contributed by atoms with van der Waals surface area (Å²) < 4.78 is 0. The van der Waals surface area contributed by atoms with Crippen LogP contribution in [0.2, 0.25) is 0 Å². The highest BCUT2D eigenvalue weighted by Gasteiger charge is 2.25. The van der Waals surface area contributed by atoms with Gasteiger partial charge in [0.1, 0.15) is 0 Å². The van der Waals surface area contributed by atoms with Gasteiger partial charge in [0.2, 0.25) is 5.91 Å². The van der Waals surface area contributed by atoms with Gasteiger partial charge in [0.25, 0.3) is 0 Å². The molecule has 1 amide bonds. The van der Waals surface area contributed by atoms with Crippen molar-refractivity contribution in [3.05, 3.63) is 66.0 Å². The summed E-state index contributed by atoms with van der Waals surface area (Å²) in [6.07, 6.45) is 8.97. The Morgan fingerprint density at radius 2 is 1.91 bits per heavy atom. The third-order valence-electron chi connectivity index (χ3n) is 4.38. The lowest BCUT2D eigenvalue weighted by Crippen LogP contribution is -2.37. The second-order valence-corrected chi connectivity index (χ2v) is 6.02. The summed E-state index contributed by atoms with van der Waals surface area (Å²) in [5.41, 5.74) is 2.17. The molecule has 1 N–H and O–H groups in total. The molecule has 1 aromatic carbocycles. The number of aromatic nitrogens is 1. The SMILES string of the molecule is O=C(NC1CCCC1)C(Cc1cccnc1)c1ccccc1. The van der Waals surface area contributed by atoms with Crippen LogP contribution in [0.4, 0.5) is 0 Å². The van der Waals surface area contributed by atoms with Crippen molar-refractivity contribution in [2.75, 3.05) is 0 Å². The van der Waals surface area contributed by atoms with Gasteiger partial charge < -0.3 is 5.32 Å². The zero-order valence-electron chi connectivity index (χ0n) is 12.7. The highest BCUT2D eigenvalue weighted by molar-refractivity contribution is 5.84. The van der Waals surface area contributed by atoms with E-state index in [-0.39, 0.29) is 11.8 Å². The molecule has 0 aliphatic heterocycles. The van der Waals surface area contributed by atoms with Gasteiger partial charge in [0.15, 0.2) is 0 Å². The minimum Gasteiger partial charge on any atom is -0.353 e. The normalized spacial score (nSPS) is 16.4. The van der Waals surface area contributed by atoms with Gasteiger partial charge in [-0.3, -0.25) is 9.78 Å². The lowest BCUT2D eigenvalue weighted by Gasteiger charge is -2.20. The predicted molar refractivity (Wildman–Crippen MR) is 87.5 cm³/mol. The quantitative estimate of drug-likeness (QED) is 0.917. The molecule has 0 radical (unpaired) electrons. The average Bonchev–Trinajstić information content (AvgIpc) is 3.07. The lowest BCUT2D eigenvalue weighted by molar-refractivity contribution is -0.123. The van der Waals surface area contributed by atoms with Crippen LogP contribution in [0.15, 0.2) is 54.9 Å². The molecule has 1 saturated carbocycles. The van der Waals surface area contributed by atoms with E-state index in [1.54, 1.807) is 6.20 Å². The molecule has 3 rings (SSSR count). The van der Waals surface area contributed by atoms with E-state index in [0.717, 1.165) is 24.0 Å². The van der Waals surface area contributed by atoms with Gasteiger partial charge in [-0.05, 0) is 36.5 Å². The maximum absolute atomic E-state index is 12.8. The number of amides is 1. The number of carbonyl (C=O) groups excluding carboxylic acids is 1. The first-order valence-electron chi connectivity index (χ1n) is 8.07. The molecular formula is C19H22N2O. The van der Waals surface area contributed by atoms with Crippen LogP contribution in [-0.4, -0.2) is 16.9 Å². The maximum Gasteiger partial charge on any atom is 0.228 e. The fourth-order valence-corrected chi connectivity index (χ4v) is 3.17. The van der Waals surface area contributed by atoms with E-state index in [9.17, 15) is 4.79 Å². The Balaban J connectivity index is 1.77. The molecule has 1 unspecified atom stereocenters. The number of hydrogen-bond acceptors (Lipinski definition) is 2. The fourth-order valence-electron chi connectivity index (χ4n) is 3.17. The predicted octanol–water partition coefficient (Wildman–Crippen LogP) is 3.47. The topological polar surface area (TPSA) is 42.0 Å². The van der Waals surface area contributed by atoms with Crippen molar-refractivity contribution in [3.63, 3.8) is 0 Å². The number of nitrogens with one attached hydrogen (secondary N) is 1. The van der Waals surface area contributed by atoms with Crippen LogP contribution in [0.1, 0.15) is 42.7 Å². The first-order valence-corrected chi connectivity index (χ1v) is 8.07. The van der Waals surface area contributed by atoms with Gasteiger partial charge in [-0.25, -0.2) is 0 Å². The minimum absolute atomic E-state index is 0.141. The summed E-state index contributed by atoms with van der Waals surface area (Å²) in [6.45, 7) is 0. The number of pyridine rings is 1. The fraction of sp³-hybridized carbons (Fsp3) is 0.368. The Bertz CT molecular complexity index is 591. The van der Waals surface area contributed by atoms with Crippen LogP contribution in [0, 0.1) is 0 Å². The average molecular weight is 294 g/mol. The van der Waals surface area contributed by atoms with E-state index < -0.39 is 0 Å². The zero-order chi connectivity index (χ0) is 15.2. The Labute approximate surface area is 131 Å². The van der Waals surface area contributed by atoms with Crippen LogP contribution in [0.5, 0.6) is 0 Å². The van der Waals surface area contributed by atoms with Crippen molar-refractivity contribution < 1.29 is 4.79 Å². The molecule has 0 bridgehead atoms. The van der Waals surface area contributed by atoms with Crippen LogP contribution < -0.4 is 5.32 Å². The number of hydrogen-bond donors (Lipinski definition) is 1. The van der Waals surface area contributed by atoms with Gasteiger partial charge in [-0.15, -0.1) is 0 Å². The van der Waals surface area contributed by atoms with Gasteiger partial charge >= 0.3 is 0 Å². The van der Waals surface area contributed by atoms with Crippen molar-refractivity contribution in [3.8, 4) is 0 Å². The van der Waals surface area contributed by atoms with E-state index in [1.807, 2.05) is 48.7 Å². The molecule has 3 heteroatoms. The lowest BCUT2D eigenvalue weighted by atomic mass is 9.91. The largest absolute Gasteiger partial charge is 0.353 e. The van der Waals surface area contributed by atoms with E-state index in [2.05, 4.69) is 10.3 Å². The summed E-state index contributed by atoms with van der Waals surface area (Å²) in [6, 6.07) is 14.4. The van der Waals surface area contributed by atoms with Crippen molar-refractivity contribution >= 4 is 5.91 Å². The number of rotatable bonds is 5. The molecule has 1 aromatic heterocycles. The monoisotopic (exact) mass is 294 g/mol. The summed E-state index contributed by atoms with van der Waals surface area (Å²) in [5.74, 6) is -0.00652. The molecule has 2 aromatic rings. The van der Waals surface area contributed by atoms with Gasteiger partial charge in [0.05, 0.1) is 5.92 Å². The molecule has 22 heavy (non-hydrogen) atoms. The highest BCUT2D eigenvalue weighted by atomic mass is 16.1. The van der Waals surface area contributed by atoms with Crippen molar-refractivity contribution in [1.82, 2.24) is 10.3 Å². The summed E-state index contributed by atoms with van der Waals surface area (Å²) >= 11 is 0. The number of benzene rings is 1. The summed E-state index contributed by atoms with van der Waals surface area (Å²) in [7, 11) is 0. The van der Waals surface area contributed by atoms with Gasteiger partial charge in [0, 0.05) is 18.4 Å².